The lowest BCUT2D eigenvalue weighted by Crippen LogP contribution is -2.50. The molecular weight excluding hydrogens is 360 g/mol. The van der Waals surface area contributed by atoms with Gasteiger partial charge in [-0.15, -0.1) is 0 Å². The third-order valence-electron chi connectivity index (χ3n) is 5.92. The lowest BCUT2D eigenvalue weighted by molar-refractivity contribution is -0.125. The Morgan fingerprint density at radius 3 is 2.28 bits per heavy atom. The molecule has 0 aromatic heterocycles. The average molecular weight is 391 g/mol. The molecule has 152 valence electrons. The van der Waals surface area contributed by atoms with Crippen molar-refractivity contribution < 1.29 is 4.79 Å². The van der Waals surface area contributed by atoms with Crippen LogP contribution in [0, 0.1) is 0 Å². The van der Waals surface area contributed by atoms with Crippen molar-refractivity contribution in [1.29, 1.82) is 0 Å². The summed E-state index contributed by atoms with van der Waals surface area (Å²) < 4.78 is 0. The number of hydrogen-bond donors (Lipinski definition) is 2. The van der Waals surface area contributed by atoms with E-state index in [-0.39, 0.29) is 11.9 Å². The molecule has 0 unspecified atom stereocenters. The van der Waals surface area contributed by atoms with Gasteiger partial charge in [0.15, 0.2) is 0 Å². The first-order valence-corrected chi connectivity index (χ1v) is 10.8. The molecule has 1 saturated carbocycles. The summed E-state index contributed by atoms with van der Waals surface area (Å²) in [5.74, 6) is 0.522. The van der Waals surface area contributed by atoms with Crippen LogP contribution >= 0.6 is 0 Å². The number of amides is 1. The first-order valence-electron chi connectivity index (χ1n) is 10.8. The van der Waals surface area contributed by atoms with Crippen molar-refractivity contribution >= 4 is 23.2 Å². The third kappa shape index (κ3) is 5.24. The van der Waals surface area contributed by atoms with Crippen molar-refractivity contribution in [3.8, 4) is 0 Å². The molecule has 1 amide bonds. The summed E-state index contributed by atoms with van der Waals surface area (Å²) in [6, 6.07) is 20.1. The van der Waals surface area contributed by atoms with E-state index < -0.39 is 0 Å². The van der Waals surface area contributed by atoms with Crippen LogP contribution in [-0.4, -0.2) is 35.4 Å². The fraction of sp³-hybridized carbons (Fsp3) is 0.417. The van der Waals surface area contributed by atoms with Crippen LogP contribution in [0.3, 0.4) is 0 Å². The van der Waals surface area contributed by atoms with Gasteiger partial charge in [0, 0.05) is 11.7 Å². The molecule has 2 aliphatic rings. The van der Waals surface area contributed by atoms with Crippen molar-refractivity contribution in [3.05, 3.63) is 60.7 Å². The van der Waals surface area contributed by atoms with Gasteiger partial charge in [0.1, 0.15) is 0 Å². The number of carbonyl (C=O) groups excluding carboxylic acids is 1. The molecule has 2 N–H and O–H groups in total. The normalized spacial score (nSPS) is 21.1. The fourth-order valence-corrected chi connectivity index (χ4v) is 4.50. The number of carbonyl (C=O) groups is 1. The van der Waals surface area contributed by atoms with E-state index in [0.29, 0.717) is 12.0 Å². The Hall–Kier alpha value is -2.66. The molecule has 2 aromatic carbocycles. The minimum atomic E-state index is -0.0587. The van der Waals surface area contributed by atoms with Crippen molar-refractivity contribution in [3.63, 3.8) is 0 Å². The molecule has 2 fully saturated rings. The minimum absolute atomic E-state index is 0.0474. The summed E-state index contributed by atoms with van der Waals surface area (Å²) in [4.78, 5) is 20.3. The van der Waals surface area contributed by atoms with E-state index in [1.54, 1.807) is 0 Å². The Kier molecular flexibility index (Phi) is 6.57. The highest BCUT2D eigenvalue weighted by atomic mass is 16.2. The second kappa shape index (κ2) is 9.70. The number of para-hydroxylation sites is 2. The summed E-state index contributed by atoms with van der Waals surface area (Å²) >= 11 is 0. The molecule has 2 aromatic rings. The fourth-order valence-electron chi connectivity index (χ4n) is 4.50. The lowest BCUT2D eigenvalue weighted by Gasteiger charge is -2.34. The maximum atomic E-state index is 13.2. The molecule has 1 heterocycles. The molecule has 0 spiro atoms. The topological polar surface area (TPSA) is 56.7 Å². The summed E-state index contributed by atoms with van der Waals surface area (Å²) in [6.45, 7) is 1.03. The number of hydrogen-bond acceptors (Lipinski definition) is 3. The summed E-state index contributed by atoms with van der Waals surface area (Å²) in [5, 5.41) is 6.36. The molecule has 0 radical (unpaired) electrons. The third-order valence-corrected chi connectivity index (χ3v) is 5.92. The molecule has 1 aliphatic carbocycles. The van der Waals surface area contributed by atoms with Crippen LogP contribution in [0.1, 0.15) is 44.9 Å². The van der Waals surface area contributed by atoms with Crippen molar-refractivity contribution in [2.24, 2.45) is 4.99 Å². The maximum Gasteiger partial charge on any atom is 0.244 e. The summed E-state index contributed by atoms with van der Waals surface area (Å²) in [7, 11) is 0. The van der Waals surface area contributed by atoms with Crippen LogP contribution in [-0.2, 0) is 4.79 Å². The predicted molar refractivity (Wildman–Crippen MR) is 118 cm³/mol. The molecule has 5 nitrogen and oxygen atoms in total. The maximum absolute atomic E-state index is 13.2. The standard InChI is InChI=1S/C24H30N4O/c29-23(22-17-10-18-28(22)21-15-8-3-9-16-21)27-24(25-19-11-4-1-5-12-19)26-20-13-6-2-7-14-20/h1-2,4-7,11-14,21-22H,3,8-10,15-18H2,(H2,25,26,27,29)/t22-/m0/s1. The quantitative estimate of drug-likeness (QED) is 0.588. The Balaban J connectivity index is 1.50. The second-order valence-corrected chi connectivity index (χ2v) is 7.96. The number of guanidine groups is 1. The van der Waals surface area contributed by atoms with Gasteiger partial charge in [-0.05, 0) is 56.5 Å². The second-order valence-electron chi connectivity index (χ2n) is 7.96. The molecule has 29 heavy (non-hydrogen) atoms. The Morgan fingerprint density at radius 2 is 1.55 bits per heavy atom. The first-order chi connectivity index (χ1) is 14.3. The van der Waals surface area contributed by atoms with E-state index in [0.717, 1.165) is 30.8 Å². The zero-order valence-corrected chi connectivity index (χ0v) is 16.9. The van der Waals surface area contributed by atoms with E-state index >= 15 is 0 Å². The summed E-state index contributed by atoms with van der Waals surface area (Å²) in [5.41, 5.74) is 1.71. The first kappa shape index (κ1) is 19.6. The summed E-state index contributed by atoms with van der Waals surface area (Å²) in [6.07, 6.45) is 8.35. The van der Waals surface area contributed by atoms with Crippen LogP contribution in [0.15, 0.2) is 65.7 Å². The van der Waals surface area contributed by atoms with Gasteiger partial charge in [0.25, 0.3) is 0 Å². The Bertz CT molecular complexity index is 815. The van der Waals surface area contributed by atoms with E-state index in [4.69, 9.17) is 0 Å². The number of rotatable bonds is 4. The zero-order valence-electron chi connectivity index (χ0n) is 16.9. The van der Waals surface area contributed by atoms with Gasteiger partial charge in [-0.25, -0.2) is 4.99 Å². The van der Waals surface area contributed by atoms with Gasteiger partial charge in [0.2, 0.25) is 11.9 Å². The molecular formula is C24H30N4O. The van der Waals surface area contributed by atoms with Gasteiger partial charge in [0.05, 0.1) is 11.7 Å². The van der Waals surface area contributed by atoms with Crippen LogP contribution in [0.4, 0.5) is 11.4 Å². The van der Waals surface area contributed by atoms with E-state index in [9.17, 15) is 4.79 Å². The number of aliphatic imine (C=N–C) groups is 1. The molecule has 4 rings (SSSR count). The minimum Gasteiger partial charge on any atom is -0.326 e. The van der Waals surface area contributed by atoms with Crippen molar-refractivity contribution in [2.75, 3.05) is 11.9 Å². The predicted octanol–water partition coefficient (Wildman–Crippen LogP) is 4.70. The monoisotopic (exact) mass is 390 g/mol. The molecule has 1 aliphatic heterocycles. The SMILES string of the molecule is O=C(NC(=Nc1ccccc1)Nc1ccccc1)[C@@H]1CCCN1C1CCCCC1. The van der Waals surface area contributed by atoms with Crippen LogP contribution < -0.4 is 10.6 Å². The highest BCUT2D eigenvalue weighted by Gasteiger charge is 2.36. The van der Waals surface area contributed by atoms with Gasteiger partial charge < -0.3 is 5.32 Å². The number of likely N-dealkylation sites (tertiary alicyclic amines) is 1. The number of benzene rings is 2. The molecule has 1 saturated heterocycles. The smallest absolute Gasteiger partial charge is 0.244 e. The highest BCUT2D eigenvalue weighted by Crippen LogP contribution is 2.29. The van der Waals surface area contributed by atoms with Gasteiger partial charge in [-0.1, -0.05) is 55.7 Å². The van der Waals surface area contributed by atoms with E-state index in [1.165, 1.54) is 32.1 Å². The largest absolute Gasteiger partial charge is 0.326 e. The Labute approximate surface area is 173 Å². The number of nitrogens with one attached hydrogen (secondary N) is 2. The van der Waals surface area contributed by atoms with Crippen LogP contribution in [0.25, 0.3) is 0 Å². The van der Waals surface area contributed by atoms with Gasteiger partial charge >= 0.3 is 0 Å². The van der Waals surface area contributed by atoms with Crippen molar-refractivity contribution in [1.82, 2.24) is 10.2 Å². The van der Waals surface area contributed by atoms with Gasteiger partial charge in [-0.2, -0.15) is 0 Å². The van der Waals surface area contributed by atoms with E-state index in [1.807, 2.05) is 60.7 Å². The van der Waals surface area contributed by atoms with Gasteiger partial charge in [-0.3, -0.25) is 15.0 Å². The van der Waals surface area contributed by atoms with Crippen LogP contribution in [0.5, 0.6) is 0 Å². The lowest BCUT2D eigenvalue weighted by atomic mass is 9.93. The zero-order chi connectivity index (χ0) is 19.9. The Morgan fingerprint density at radius 1 is 0.862 bits per heavy atom. The van der Waals surface area contributed by atoms with Crippen LogP contribution in [0.2, 0.25) is 0 Å². The highest BCUT2D eigenvalue weighted by molar-refractivity contribution is 6.06. The molecule has 5 heteroatoms. The molecule has 0 bridgehead atoms. The van der Waals surface area contributed by atoms with Crippen molar-refractivity contribution in [2.45, 2.75) is 57.0 Å². The molecule has 1 atom stereocenters. The number of nitrogens with zero attached hydrogens (tertiary/aromatic N) is 2. The number of anilines is 1. The average Bonchev–Trinajstić information content (AvgIpc) is 3.26. The van der Waals surface area contributed by atoms with E-state index in [2.05, 4.69) is 20.5 Å².